The normalized spacial score (nSPS) is 51.2. The van der Waals surface area contributed by atoms with Crippen molar-refractivity contribution in [1.29, 1.82) is 0 Å². The van der Waals surface area contributed by atoms with Crippen molar-refractivity contribution >= 4 is 5.91 Å². The summed E-state index contributed by atoms with van der Waals surface area (Å²) in [6.07, 6.45) is 6.52. The number of amides is 1. The topological polar surface area (TPSA) is 49.8 Å². The minimum absolute atomic E-state index is 0.152. The van der Waals surface area contributed by atoms with Crippen LogP contribution in [-0.2, 0) is 9.53 Å². The van der Waals surface area contributed by atoms with E-state index >= 15 is 0 Å². The number of carbonyl (C=O) groups is 1. The van der Waals surface area contributed by atoms with Crippen molar-refractivity contribution in [2.75, 3.05) is 19.8 Å². The number of nitrogens with zero attached hydrogens (tertiary/aromatic N) is 1. The van der Waals surface area contributed by atoms with Crippen molar-refractivity contribution in [2.45, 2.75) is 71.4 Å². The molecule has 130 valence electrons. The van der Waals surface area contributed by atoms with E-state index in [2.05, 4.69) is 13.8 Å². The van der Waals surface area contributed by atoms with Gasteiger partial charge in [0.25, 0.3) is 0 Å². The van der Waals surface area contributed by atoms with Crippen molar-refractivity contribution < 1.29 is 14.6 Å². The Morgan fingerprint density at radius 1 is 1.13 bits per heavy atom. The highest BCUT2D eigenvalue weighted by Crippen LogP contribution is 2.69. The molecule has 0 aromatic heterocycles. The average molecular weight is 321 g/mol. The van der Waals surface area contributed by atoms with E-state index in [1.165, 1.54) is 19.3 Å². The van der Waals surface area contributed by atoms with Crippen LogP contribution in [0.4, 0.5) is 0 Å². The van der Waals surface area contributed by atoms with E-state index in [1.807, 2.05) is 11.8 Å². The molecule has 1 amide bonds. The second kappa shape index (κ2) is 4.95. The van der Waals surface area contributed by atoms with Crippen LogP contribution in [0.2, 0.25) is 0 Å². The Kier molecular flexibility index (Phi) is 3.42. The molecule has 4 aliphatic carbocycles. The highest BCUT2D eigenvalue weighted by Gasteiger charge is 2.63. The van der Waals surface area contributed by atoms with Gasteiger partial charge in [-0.2, -0.15) is 0 Å². The van der Waals surface area contributed by atoms with Gasteiger partial charge in [0.1, 0.15) is 0 Å². The molecule has 23 heavy (non-hydrogen) atoms. The number of carbonyl (C=O) groups excluding carboxylic acids is 1. The third-order valence-corrected chi connectivity index (χ3v) is 7.10. The summed E-state index contributed by atoms with van der Waals surface area (Å²) in [7, 11) is 0. The number of aliphatic hydroxyl groups excluding tert-OH is 1. The fourth-order valence-corrected chi connectivity index (χ4v) is 7.35. The molecule has 1 N–H and O–H groups in total. The van der Waals surface area contributed by atoms with Gasteiger partial charge in [-0.3, -0.25) is 4.79 Å². The van der Waals surface area contributed by atoms with E-state index < -0.39 is 6.10 Å². The molecule has 0 unspecified atom stereocenters. The summed E-state index contributed by atoms with van der Waals surface area (Å²) in [4.78, 5) is 15.5. The summed E-state index contributed by atoms with van der Waals surface area (Å²) in [5.74, 6) is 1.02. The maximum Gasteiger partial charge on any atom is 0.229 e. The number of hydrogen-bond donors (Lipinski definition) is 1. The summed E-state index contributed by atoms with van der Waals surface area (Å²) >= 11 is 0. The molecule has 1 aliphatic heterocycles. The Hall–Kier alpha value is -0.610. The summed E-state index contributed by atoms with van der Waals surface area (Å²) in [5.41, 5.74) is 0.503. The zero-order valence-corrected chi connectivity index (χ0v) is 14.8. The van der Waals surface area contributed by atoms with Crippen LogP contribution >= 0.6 is 0 Å². The Morgan fingerprint density at radius 3 is 2.26 bits per heavy atom. The van der Waals surface area contributed by atoms with E-state index in [0.29, 0.717) is 42.4 Å². The predicted molar refractivity (Wildman–Crippen MR) is 87.8 cm³/mol. The quantitative estimate of drug-likeness (QED) is 0.869. The molecule has 0 aromatic rings. The summed E-state index contributed by atoms with van der Waals surface area (Å²) in [6, 6.07) is -0.152. The number of rotatable bonds is 3. The second-order valence-corrected chi connectivity index (χ2v) is 9.67. The van der Waals surface area contributed by atoms with E-state index in [9.17, 15) is 9.90 Å². The maximum absolute atomic E-state index is 13.6. The lowest BCUT2D eigenvalue weighted by atomic mass is 9.40. The third-order valence-electron chi connectivity index (χ3n) is 7.10. The van der Waals surface area contributed by atoms with Gasteiger partial charge >= 0.3 is 0 Å². The Balaban J connectivity index is 1.64. The molecule has 1 heterocycles. The smallest absolute Gasteiger partial charge is 0.229 e. The van der Waals surface area contributed by atoms with E-state index in [4.69, 9.17) is 4.74 Å². The van der Waals surface area contributed by atoms with Gasteiger partial charge in [0.15, 0.2) is 0 Å². The van der Waals surface area contributed by atoms with Crippen molar-refractivity contribution in [2.24, 2.45) is 22.2 Å². The summed E-state index contributed by atoms with van der Waals surface area (Å²) < 4.78 is 5.42. The predicted octanol–water partition coefficient (Wildman–Crippen LogP) is 2.59. The van der Waals surface area contributed by atoms with Crippen molar-refractivity contribution in [1.82, 2.24) is 4.90 Å². The molecule has 5 rings (SSSR count). The van der Waals surface area contributed by atoms with Gasteiger partial charge in [0.2, 0.25) is 5.91 Å². The number of ether oxygens (including phenoxy) is 1. The highest BCUT2D eigenvalue weighted by atomic mass is 16.5. The largest absolute Gasteiger partial charge is 0.388 e. The molecule has 5 fully saturated rings. The first-order chi connectivity index (χ1) is 10.8. The Bertz CT molecular complexity index is 501. The molecule has 4 heteroatoms. The van der Waals surface area contributed by atoms with Gasteiger partial charge in [0, 0.05) is 6.54 Å². The molecule has 0 aromatic carbocycles. The Morgan fingerprint density at radius 2 is 1.78 bits per heavy atom. The third kappa shape index (κ3) is 2.36. The van der Waals surface area contributed by atoms with Gasteiger partial charge in [-0.1, -0.05) is 13.8 Å². The summed E-state index contributed by atoms with van der Waals surface area (Å²) in [6.45, 7) is 8.36. The molecule has 4 nitrogen and oxygen atoms in total. The van der Waals surface area contributed by atoms with Crippen LogP contribution in [0.3, 0.4) is 0 Å². The molecule has 4 bridgehead atoms. The zero-order chi connectivity index (χ0) is 16.5. The first kappa shape index (κ1) is 15.9. The molecule has 0 spiro atoms. The van der Waals surface area contributed by atoms with Crippen molar-refractivity contribution in [3.63, 3.8) is 0 Å². The van der Waals surface area contributed by atoms with Crippen LogP contribution in [0.5, 0.6) is 0 Å². The standard InChI is InChI=1S/C19H31NO3/c1-4-20(14-8-23-9-15(14)21)16(22)19-7-13-5-17(2,11-19)10-18(3,6-13)12-19/h13-15,21H,4-12H2,1-3H3/t13?,14-,15-,17+,18+,19?/m0/s1. The molecule has 0 radical (unpaired) electrons. The van der Waals surface area contributed by atoms with Crippen molar-refractivity contribution in [3.8, 4) is 0 Å². The van der Waals surface area contributed by atoms with Crippen LogP contribution in [0.1, 0.15) is 59.3 Å². The van der Waals surface area contributed by atoms with Crippen LogP contribution in [0.15, 0.2) is 0 Å². The maximum atomic E-state index is 13.6. The Labute approximate surface area is 139 Å². The van der Waals surface area contributed by atoms with Gasteiger partial charge in [0.05, 0.1) is 30.8 Å². The van der Waals surface area contributed by atoms with E-state index in [0.717, 1.165) is 19.3 Å². The van der Waals surface area contributed by atoms with Crippen LogP contribution in [0.25, 0.3) is 0 Å². The summed E-state index contributed by atoms with van der Waals surface area (Å²) in [5, 5.41) is 10.2. The van der Waals surface area contributed by atoms with Crippen LogP contribution in [0, 0.1) is 22.2 Å². The van der Waals surface area contributed by atoms with Gasteiger partial charge in [-0.15, -0.1) is 0 Å². The average Bonchev–Trinajstić information content (AvgIpc) is 2.82. The van der Waals surface area contributed by atoms with Crippen LogP contribution < -0.4 is 0 Å². The monoisotopic (exact) mass is 321 g/mol. The highest BCUT2D eigenvalue weighted by molar-refractivity contribution is 5.84. The minimum atomic E-state index is -0.529. The molecule has 5 aliphatic rings. The number of hydrogen-bond acceptors (Lipinski definition) is 3. The second-order valence-electron chi connectivity index (χ2n) is 9.67. The first-order valence-corrected chi connectivity index (χ1v) is 9.35. The van der Waals surface area contributed by atoms with Gasteiger partial charge < -0.3 is 14.7 Å². The van der Waals surface area contributed by atoms with E-state index in [-0.39, 0.29) is 11.5 Å². The zero-order valence-electron chi connectivity index (χ0n) is 14.8. The first-order valence-electron chi connectivity index (χ1n) is 9.35. The molecule has 4 saturated carbocycles. The number of likely N-dealkylation sites (N-methyl/N-ethyl adjacent to an activating group) is 1. The molecule has 4 atom stereocenters. The fraction of sp³-hybridized carbons (Fsp3) is 0.947. The lowest BCUT2D eigenvalue weighted by Crippen LogP contribution is -2.62. The van der Waals surface area contributed by atoms with Gasteiger partial charge in [-0.25, -0.2) is 0 Å². The molecule has 1 saturated heterocycles. The molecular formula is C19H31NO3. The van der Waals surface area contributed by atoms with Gasteiger partial charge in [-0.05, 0) is 62.2 Å². The lowest BCUT2D eigenvalue weighted by molar-refractivity contribution is -0.182. The van der Waals surface area contributed by atoms with Crippen LogP contribution in [-0.4, -0.2) is 47.8 Å². The minimum Gasteiger partial charge on any atom is -0.388 e. The van der Waals surface area contributed by atoms with E-state index in [1.54, 1.807) is 0 Å². The lowest BCUT2D eigenvalue weighted by Gasteiger charge is -2.65. The van der Waals surface area contributed by atoms with Crippen molar-refractivity contribution in [3.05, 3.63) is 0 Å². The SMILES string of the molecule is CCN(C(=O)C12CC3C[C@@](C)(C1)C[C@@](C)(C3)C2)[C@H]1COC[C@@H]1O. The molecular weight excluding hydrogens is 290 g/mol. The number of aliphatic hydroxyl groups is 1. The fourth-order valence-electron chi connectivity index (χ4n) is 7.35.